The summed E-state index contributed by atoms with van der Waals surface area (Å²) in [5.74, 6) is 0. The molecule has 0 aliphatic rings. The molecule has 0 rings (SSSR count). The predicted molar refractivity (Wildman–Crippen MR) is 51.3 cm³/mol. The molecule has 1 heteroatoms. The SMILES string of the molecule is C=C/C=C\C(=C)/C=C\N(C)C. The fourth-order valence-electron chi connectivity index (χ4n) is 0.492. The second-order valence-electron chi connectivity index (χ2n) is 2.45. The zero-order valence-electron chi connectivity index (χ0n) is 7.25. The van der Waals surface area contributed by atoms with Crippen LogP contribution in [0.5, 0.6) is 0 Å². The van der Waals surface area contributed by atoms with Crippen LogP contribution in [-0.2, 0) is 0 Å². The van der Waals surface area contributed by atoms with Gasteiger partial charge in [0, 0.05) is 14.1 Å². The van der Waals surface area contributed by atoms with Crippen molar-refractivity contribution < 1.29 is 0 Å². The molecule has 0 fully saturated rings. The Labute approximate surface area is 69.0 Å². The van der Waals surface area contributed by atoms with Gasteiger partial charge in [-0.2, -0.15) is 0 Å². The van der Waals surface area contributed by atoms with Crippen molar-refractivity contribution in [2.24, 2.45) is 0 Å². The summed E-state index contributed by atoms with van der Waals surface area (Å²) in [5.41, 5.74) is 0.971. The maximum Gasteiger partial charge on any atom is 0.00556 e. The fraction of sp³-hybridized carbons (Fsp3) is 0.200. The van der Waals surface area contributed by atoms with Gasteiger partial charge in [0.05, 0.1) is 0 Å². The van der Waals surface area contributed by atoms with E-state index in [1.54, 1.807) is 6.08 Å². The molecule has 0 unspecified atom stereocenters. The van der Waals surface area contributed by atoms with Crippen LogP contribution < -0.4 is 0 Å². The molecule has 0 saturated carbocycles. The molecule has 0 amide bonds. The van der Waals surface area contributed by atoms with E-state index in [0.717, 1.165) is 5.57 Å². The number of rotatable bonds is 4. The van der Waals surface area contributed by atoms with Crippen molar-refractivity contribution in [3.05, 3.63) is 49.2 Å². The van der Waals surface area contributed by atoms with E-state index in [1.807, 2.05) is 43.4 Å². The molecule has 0 bridgehead atoms. The van der Waals surface area contributed by atoms with Crippen LogP contribution in [0.25, 0.3) is 0 Å². The van der Waals surface area contributed by atoms with Crippen molar-refractivity contribution in [1.29, 1.82) is 0 Å². The van der Waals surface area contributed by atoms with Crippen molar-refractivity contribution in [1.82, 2.24) is 4.90 Å². The minimum Gasteiger partial charge on any atom is -0.383 e. The molecule has 0 saturated heterocycles. The van der Waals surface area contributed by atoms with Crippen molar-refractivity contribution >= 4 is 0 Å². The van der Waals surface area contributed by atoms with Crippen LogP contribution in [-0.4, -0.2) is 19.0 Å². The first-order valence-electron chi connectivity index (χ1n) is 3.49. The summed E-state index contributed by atoms with van der Waals surface area (Å²) < 4.78 is 0. The lowest BCUT2D eigenvalue weighted by atomic mass is 10.2. The molecule has 1 nitrogen and oxygen atoms in total. The minimum absolute atomic E-state index is 0.971. The predicted octanol–water partition coefficient (Wildman–Crippen LogP) is 2.36. The smallest absolute Gasteiger partial charge is 0.00556 e. The van der Waals surface area contributed by atoms with Gasteiger partial charge in [-0.25, -0.2) is 0 Å². The lowest BCUT2D eigenvalue weighted by Gasteiger charge is -2.02. The maximum absolute atomic E-state index is 3.82. The summed E-state index contributed by atoms with van der Waals surface area (Å²) in [4.78, 5) is 1.97. The zero-order valence-corrected chi connectivity index (χ0v) is 7.25. The van der Waals surface area contributed by atoms with E-state index in [0.29, 0.717) is 0 Å². The first-order valence-corrected chi connectivity index (χ1v) is 3.49. The highest BCUT2D eigenvalue weighted by Gasteiger charge is 1.78. The molecular formula is C10H15N. The van der Waals surface area contributed by atoms with Crippen LogP contribution >= 0.6 is 0 Å². The standard InChI is InChI=1S/C10H15N/c1-5-6-7-10(2)8-9-11(3)4/h5-9H,1-2H2,3-4H3/b7-6-,9-8-. The Hall–Kier alpha value is -1.24. The Morgan fingerprint density at radius 1 is 1.27 bits per heavy atom. The summed E-state index contributed by atoms with van der Waals surface area (Å²) in [5, 5.41) is 0. The Bertz CT molecular complexity index is 185. The summed E-state index contributed by atoms with van der Waals surface area (Å²) >= 11 is 0. The summed E-state index contributed by atoms with van der Waals surface area (Å²) in [6, 6.07) is 0. The van der Waals surface area contributed by atoms with Crippen LogP contribution in [0.15, 0.2) is 49.2 Å². The van der Waals surface area contributed by atoms with E-state index in [1.165, 1.54) is 0 Å². The maximum atomic E-state index is 3.82. The average molecular weight is 149 g/mol. The van der Waals surface area contributed by atoms with Crippen LogP contribution in [0.1, 0.15) is 0 Å². The first kappa shape index (κ1) is 9.76. The van der Waals surface area contributed by atoms with Crippen LogP contribution in [0.4, 0.5) is 0 Å². The van der Waals surface area contributed by atoms with Crippen molar-refractivity contribution in [2.75, 3.05) is 14.1 Å². The third-order valence-corrected chi connectivity index (χ3v) is 1.03. The third kappa shape index (κ3) is 6.65. The van der Waals surface area contributed by atoms with Crippen LogP contribution in [0, 0.1) is 0 Å². The first-order chi connectivity index (χ1) is 5.16. The average Bonchev–Trinajstić information content (AvgIpc) is 1.97. The van der Waals surface area contributed by atoms with E-state index in [4.69, 9.17) is 0 Å². The second kappa shape index (κ2) is 5.54. The highest BCUT2D eigenvalue weighted by Crippen LogP contribution is 1.95. The van der Waals surface area contributed by atoms with Crippen molar-refractivity contribution in [3.63, 3.8) is 0 Å². The molecular weight excluding hydrogens is 134 g/mol. The van der Waals surface area contributed by atoms with Crippen molar-refractivity contribution in [3.8, 4) is 0 Å². The van der Waals surface area contributed by atoms with E-state index in [-0.39, 0.29) is 0 Å². The van der Waals surface area contributed by atoms with E-state index < -0.39 is 0 Å². The van der Waals surface area contributed by atoms with Gasteiger partial charge in [-0.15, -0.1) is 0 Å². The Morgan fingerprint density at radius 2 is 1.91 bits per heavy atom. The van der Waals surface area contributed by atoms with Gasteiger partial charge in [0.1, 0.15) is 0 Å². The molecule has 0 spiro atoms. The van der Waals surface area contributed by atoms with Crippen LogP contribution in [0.3, 0.4) is 0 Å². The molecule has 0 aromatic heterocycles. The molecule has 0 aromatic rings. The van der Waals surface area contributed by atoms with Gasteiger partial charge in [-0.05, 0) is 17.8 Å². The van der Waals surface area contributed by atoms with E-state index >= 15 is 0 Å². The largest absolute Gasteiger partial charge is 0.383 e. The van der Waals surface area contributed by atoms with Gasteiger partial charge >= 0.3 is 0 Å². The topological polar surface area (TPSA) is 3.24 Å². The number of nitrogens with zero attached hydrogens (tertiary/aromatic N) is 1. The third-order valence-electron chi connectivity index (χ3n) is 1.03. The quantitative estimate of drug-likeness (QED) is 0.555. The summed E-state index contributed by atoms with van der Waals surface area (Å²) in [6.07, 6.45) is 9.40. The molecule has 0 aliphatic heterocycles. The molecule has 0 N–H and O–H groups in total. The summed E-state index contributed by atoms with van der Waals surface area (Å²) in [7, 11) is 3.95. The Balaban J connectivity index is 3.87. The van der Waals surface area contributed by atoms with Gasteiger partial charge in [0.25, 0.3) is 0 Å². The van der Waals surface area contributed by atoms with Gasteiger partial charge in [-0.1, -0.05) is 31.4 Å². The number of hydrogen-bond acceptors (Lipinski definition) is 1. The molecule has 60 valence electrons. The monoisotopic (exact) mass is 149 g/mol. The lowest BCUT2D eigenvalue weighted by Crippen LogP contribution is -1.99. The fourth-order valence-corrected chi connectivity index (χ4v) is 0.492. The molecule has 0 atom stereocenters. The zero-order chi connectivity index (χ0) is 8.69. The minimum atomic E-state index is 0.971. The number of allylic oxidation sites excluding steroid dienone is 5. The normalized spacial score (nSPS) is 10.7. The Kier molecular flexibility index (Phi) is 4.91. The highest BCUT2D eigenvalue weighted by molar-refractivity contribution is 5.28. The van der Waals surface area contributed by atoms with Gasteiger partial charge in [-0.3, -0.25) is 0 Å². The van der Waals surface area contributed by atoms with E-state index in [2.05, 4.69) is 13.2 Å². The van der Waals surface area contributed by atoms with Gasteiger partial charge < -0.3 is 4.90 Å². The van der Waals surface area contributed by atoms with Gasteiger partial charge in [0.2, 0.25) is 0 Å². The highest BCUT2D eigenvalue weighted by atomic mass is 15.0. The summed E-state index contributed by atoms with van der Waals surface area (Å²) in [6.45, 7) is 7.38. The molecule has 11 heavy (non-hydrogen) atoms. The second-order valence-corrected chi connectivity index (χ2v) is 2.45. The van der Waals surface area contributed by atoms with Crippen LogP contribution in [0.2, 0.25) is 0 Å². The van der Waals surface area contributed by atoms with Gasteiger partial charge in [0.15, 0.2) is 0 Å². The van der Waals surface area contributed by atoms with E-state index in [9.17, 15) is 0 Å². The molecule has 0 radical (unpaired) electrons. The molecule has 0 heterocycles. The molecule has 0 aliphatic carbocycles. The van der Waals surface area contributed by atoms with Crippen molar-refractivity contribution in [2.45, 2.75) is 0 Å². The lowest BCUT2D eigenvalue weighted by molar-refractivity contribution is 0.563. The Morgan fingerprint density at radius 3 is 2.36 bits per heavy atom. The molecule has 0 aromatic carbocycles. The number of hydrogen-bond donors (Lipinski definition) is 0.